The summed E-state index contributed by atoms with van der Waals surface area (Å²) < 4.78 is 5.78. The van der Waals surface area contributed by atoms with Crippen LogP contribution >= 0.6 is 11.3 Å². The van der Waals surface area contributed by atoms with Gasteiger partial charge in [0.15, 0.2) is 0 Å². The van der Waals surface area contributed by atoms with Crippen LogP contribution in [-0.2, 0) is 4.79 Å². The predicted octanol–water partition coefficient (Wildman–Crippen LogP) is 4.35. The number of likely N-dealkylation sites (N-methyl/N-ethyl adjacent to an activating group) is 1. The molecule has 6 nitrogen and oxygen atoms in total. The van der Waals surface area contributed by atoms with E-state index in [0.717, 1.165) is 21.7 Å². The third kappa shape index (κ3) is 4.43. The van der Waals surface area contributed by atoms with E-state index in [2.05, 4.69) is 34.6 Å². The molecule has 1 N–H and O–H groups in total. The highest BCUT2D eigenvalue weighted by Gasteiger charge is 2.21. The highest BCUT2D eigenvalue weighted by atomic mass is 32.1. The zero-order valence-electron chi connectivity index (χ0n) is 16.2. The van der Waals surface area contributed by atoms with E-state index in [1.54, 1.807) is 11.3 Å². The van der Waals surface area contributed by atoms with Crippen LogP contribution in [0.2, 0.25) is 0 Å². The van der Waals surface area contributed by atoms with E-state index in [0.29, 0.717) is 11.8 Å². The fourth-order valence-electron chi connectivity index (χ4n) is 3.01. The number of amides is 1. The minimum atomic E-state index is -0.169. The molecule has 2 aromatic heterocycles. The van der Waals surface area contributed by atoms with Crippen molar-refractivity contribution in [3.05, 3.63) is 52.2 Å². The third-order valence-electron chi connectivity index (χ3n) is 4.53. The van der Waals surface area contributed by atoms with Crippen molar-refractivity contribution < 1.29 is 9.21 Å². The van der Waals surface area contributed by atoms with Crippen LogP contribution in [0.3, 0.4) is 0 Å². The van der Waals surface area contributed by atoms with Crippen molar-refractivity contribution in [3.8, 4) is 10.8 Å². The molecule has 0 aliphatic carbocycles. The van der Waals surface area contributed by atoms with Crippen molar-refractivity contribution >= 4 is 22.9 Å². The number of thiophene rings is 1. The Balaban J connectivity index is 1.64. The van der Waals surface area contributed by atoms with Gasteiger partial charge in [-0.3, -0.25) is 9.69 Å². The second kappa shape index (κ2) is 8.02. The molecule has 0 saturated heterocycles. The highest BCUT2D eigenvalue weighted by molar-refractivity contribution is 7.13. The summed E-state index contributed by atoms with van der Waals surface area (Å²) in [6.45, 7) is 8.24. The van der Waals surface area contributed by atoms with E-state index in [-0.39, 0.29) is 18.5 Å². The molecule has 3 rings (SSSR count). The molecule has 142 valence electrons. The number of aryl methyl sites for hydroxylation is 3. The molecule has 2 heterocycles. The van der Waals surface area contributed by atoms with Crippen LogP contribution in [0.5, 0.6) is 0 Å². The normalized spacial score (nSPS) is 12.4. The molecular formula is C20H24N4O2S. The average Bonchev–Trinajstić information content (AvgIpc) is 3.28. The molecular weight excluding hydrogens is 360 g/mol. The topological polar surface area (TPSA) is 71.3 Å². The lowest BCUT2D eigenvalue weighted by Crippen LogP contribution is -2.32. The molecule has 3 aromatic rings. The predicted molar refractivity (Wildman–Crippen MR) is 108 cm³/mol. The van der Waals surface area contributed by atoms with E-state index < -0.39 is 0 Å². The van der Waals surface area contributed by atoms with Gasteiger partial charge in [-0.1, -0.05) is 23.8 Å². The molecule has 27 heavy (non-hydrogen) atoms. The molecule has 0 aliphatic rings. The lowest BCUT2D eigenvalue weighted by molar-refractivity contribution is -0.117. The quantitative estimate of drug-likeness (QED) is 0.684. The molecule has 7 heteroatoms. The van der Waals surface area contributed by atoms with E-state index in [9.17, 15) is 4.79 Å². The van der Waals surface area contributed by atoms with Crippen LogP contribution in [0.25, 0.3) is 10.8 Å². The van der Waals surface area contributed by atoms with Gasteiger partial charge in [-0.25, -0.2) is 0 Å². The average molecular weight is 385 g/mol. The zero-order valence-corrected chi connectivity index (χ0v) is 17.1. The van der Waals surface area contributed by atoms with Crippen molar-refractivity contribution in [2.24, 2.45) is 0 Å². The summed E-state index contributed by atoms with van der Waals surface area (Å²) in [5.74, 6) is 0.935. The fraction of sp³-hybridized carbons (Fsp3) is 0.350. The number of anilines is 1. The first kappa shape index (κ1) is 19.3. The van der Waals surface area contributed by atoms with Gasteiger partial charge < -0.3 is 9.73 Å². The van der Waals surface area contributed by atoms with E-state index in [1.807, 2.05) is 50.2 Å². The zero-order chi connectivity index (χ0) is 19.6. The number of carbonyl (C=O) groups is 1. The molecule has 0 spiro atoms. The number of rotatable bonds is 6. The Labute approximate surface area is 163 Å². The molecule has 1 amide bonds. The molecule has 0 aliphatic heterocycles. The number of nitrogens with zero attached hydrogens (tertiary/aromatic N) is 3. The fourth-order valence-corrected chi connectivity index (χ4v) is 3.66. The SMILES string of the molecule is Cc1cc(C)c(NC(=O)CN(C)[C@@H](C)c2nnc(-c3cccs3)o2)c(C)c1. The molecule has 0 bridgehead atoms. The number of hydrogen-bond acceptors (Lipinski definition) is 6. The van der Waals surface area contributed by atoms with Gasteiger partial charge in [0.25, 0.3) is 5.89 Å². The van der Waals surface area contributed by atoms with Crippen LogP contribution in [0.1, 0.15) is 35.5 Å². The maximum Gasteiger partial charge on any atom is 0.257 e. The second-order valence-electron chi connectivity index (χ2n) is 6.84. The molecule has 1 atom stereocenters. The maximum absolute atomic E-state index is 12.5. The Hall–Kier alpha value is -2.51. The van der Waals surface area contributed by atoms with Crippen molar-refractivity contribution in [3.63, 3.8) is 0 Å². The Morgan fingerprint density at radius 2 is 1.96 bits per heavy atom. The first-order chi connectivity index (χ1) is 12.8. The van der Waals surface area contributed by atoms with E-state index >= 15 is 0 Å². The van der Waals surface area contributed by atoms with Gasteiger partial charge in [-0.05, 0) is 57.3 Å². The molecule has 0 radical (unpaired) electrons. The summed E-state index contributed by atoms with van der Waals surface area (Å²) >= 11 is 1.55. The van der Waals surface area contributed by atoms with Gasteiger partial charge in [-0.2, -0.15) is 0 Å². The van der Waals surface area contributed by atoms with Gasteiger partial charge in [0, 0.05) is 5.69 Å². The summed E-state index contributed by atoms with van der Waals surface area (Å²) in [6, 6.07) is 7.85. The maximum atomic E-state index is 12.5. The Morgan fingerprint density at radius 3 is 2.59 bits per heavy atom. The number of carbonyl (C=O) groups excluding carboxylic acids is 1. The smallest absolute Gasteiger partial charge is 0.257 e. The van der Waals surface area contributed by atoms with Gasteiger partial charge in [0.1, 0.15) is 0 Å². The Kier molecular flexibility index (Phi) is 5.72. The van der Waals surface area contributed by atoms with Gasteiger partial charge in [0.05, 0.1) is 17.5 Å². The standard InChI is InChI=1S/C20H24N4O2S/c1-12-9-13(2)18(14(3)10-12)21-17(25)11-24(5)15(4)19-22-23-20(26-19)16-7-6-8-27-16/h6-10,15H,11H2,1-5H3,(H,21,25)/t15-/m0/s1. The number of benzene rings is 1. The van der Waals surface area contributed by atoms with Crippen LogP contribution in [0, 0.1) is 20.8 Å². The van der Waals surface area contributed by atoms with E-state index in [1.165, 1.54) is 5.56 Å². The Morgan fingerprint density at radius 1 is 1.26 bits per heavy atom. The van der Waals surface area contributed by atoms with Gasteiger partial charge in [0.2, 0.25) is 11.8 Å². The summed E-state index contributed by atoms with van der Waals surface area (Å²) in [4.78, 5) is 15.3. The number of nitrogens with one attached hydrogen (secondary N) is 1. The van der Waals surface area contributed by atoms with E-state index in [4.69, 9.17) is 4.42 Å². The van der Waals surface area contributed by atoms with Crippen LogP contribution in [0.4, 0.5) is 5.69 Å². The van der Waals surface area contributed by atoms with Crippen LogP contribution in [-0.4, -0.2) is 34.6 Å². The number of hydrogen-bond donors (Lipinski definition) is 1. The summed E-state index contributed by atoms with van der Waals surface area (Å²) in [6.07, 6.45) is 0. The Bertz CT molecular complexity index is 910. The minimum absolute atomic E-state index is 0.0719. The number of aromatic nitrogens is 2. The van der Waals surface area contributed by atoms with Gasteiger partial charge in [-0.15, -0.1) is 21.5 Å². The van der Waals surface area contributed by atoms with Crippen molar-refractivity contribution in [2.75, 3.05) is 18.9 Å². The molecule has 0 fully saturated rings. The second-order valence-corrected chi connectivity index (χ2v) is 7.78. The van der Waals surface area contributed by atoms with Gasteiger partial charge >= 0.3 is 0 Å². The highest BCUT2D eigenvalue weighted by Crippen LogP contribution is 2.26. The molecule has 1 aromatic carbocycles. The van der Waals surface area contributed by atoms with Crippen molar-refractivity contribution in [1.82, 2.24) is 15.1 Å². The molecule has 0 saturated carbocycles. The summed E-state index contributed by atoms with van der Waals surface area (Å²) in [5.41, 5.74) is 4.19. The lowest BCUT2D eigenvalue weighted by atomic mass is 10.1. The van der Waals surface area contributed by atoms with Crippen LogP contribution in [0.15, 0.2) is 34.1 Å². The lowest BCUT2D eigenvalue weighted by Gasteiger charge is -2.21. The van der Waals surface area contributed by atoms with Crippen LogP contribution < -0.4 is 5.32 Å². The first-order valence-electron chi connectivity index (χ1n) is 8.80. The van der Waals surface area contributed by atoms with Crippen molar-refractivity contribution in [2.45, 2.75) is 33.7 Å². The third-order valence-corrected chi connectivity index (χ3v) is 5.38. The minimum Gasteiger partial charge on any atom is -0.418 e. The monoisotopic (exact) mass is 384 g/mol. The summed E-state index contributed by atoms with van der Waals surface area (Å²) in [5, 5.41) is 13.2. The first-order valence-corrected chi connectivity index (χ1v) is 9.68. The largest absolute Gasteiger partial charge is 0.418 e. The van der Waals surface area contributed by atoms with Crippen molar-refractivity contribution in [1.29, 1.82) is 0 Å². The summed E-state index contributed by atoms with van der Waals surface area (Å²) in [7, 11) is 1.87. The molecule has 0 unspecified atom stereocenters.